The molecule has 2 rings (SSSR count). The Morgan fingerprint density at radius 3 is 2.25 bits per heavy atom. The van der Waals surface area contributed by atoms with Gasteiger partial charge in [-0.25, -0.2) is 13.2 Å². The molecule has 0 radical (unpaired) electrons. The number of sulfonamides is 1. The summed E-state index contributed by atoms with van der Waals surface area (Å²) >= 11 is 2.14. The fraction of sp³-hybridized carbons (Fsp3) is 0.562. The Morgan fingerprint density at radius 2 is 1.75 bits per heavy atom. The van der Waals surface area contributed by atoms with Gasteiger partial charge in [-0.05, 0) is 80.5 Å². The smallest absolute Gasteiger partial charge is 0.407 e. The molecule has 1 aromatic carbocycles. The zero-order chi connectivity index (χ0) is 18.0. The first-order chi connectivity index (χ1) is 11.1. The van der Waals surface area contributed by atoms with E-state index in [0.717, 1.165) is 3.57 Å². The first-order valence-electron chi connectivity index (χ1n) is 7.83. The number of halogens is 1. The number of hydrogen-bond acceptors (Lipinski definition) is 4. The first kappa shape index (κ1) is 19.5. The Labute approximate surface area is 157 Å². The third kappa shape index (κ3) is 5.32. The molecule has 24 heavy (non-hydrogen) atoms. The lowest BCUT2D eigenvalue weighted by Gasteiger charge is -2.32. The van der Waals surface area contributed by atoms with Gasteiger partial charge in [0.05, 0.1) is 4.90 Å². The molecule has 0 aliphatic carbocycles. The van der Waals surface area contributed by atoms with Crippen molar-refractivity contribution in [2.45, 2.75) is 50.2 Å². The van der Waals surface area contributed by atoms with Crippen molar-refractivity contribution in [3.8, 4) is 0 Å². The Hall–Kier alpha value is -0.870. The quantitative estimate of drug-likeness (QED) is 0.696. The van der Waals surface area contributed by atoms with Crippen molar-refractivity contribution in [1.82, 2.24) is 9.62 Å². The van der Waals surface area contributed by atoms with E-state index in [1.54, 1.807) is 24.3 Å². The summed E-state index contributed by atoms with van der Waals surface area (Å²) < 4.78 is 33.0. The van der Waals surface area contributed by atoms with Crippen molar-refractivity contribution in [2.75, 3.05) is 13.1 Å². The monoisotopic (exact) mass is 466 g/mol. The van der Waals surface area contributed by atoms with Crippen LogP contribution in [-0.2, 0) is 14.8 Å². The average Bonchev–Trinajstić information content (AvgIpc) is 2.46. The Balaban J connectivity index is 1.92. The fourth-order valence-electron chi connectivity index (χ4n) is 2.47. The number of benzene rings is 1. The molecule has 6 nitrogen and oxygen atoms in total. The number of carbonyl (C=O) groups is 1. The second kappa shape index (κ2) is 7.57. The second-order valence-electron chi connectivity index (χ2n) is 6.78. The molecule has 1 aromatic rings. The van der Waals surface area contributed by atoms with Gasteiger partial charge in [0.1, 0.15) is 5.60 Å². The van der Waals surface area contributed by atoms with Crippen LogP contribution in [-0.4, -0.2) is 43.5 Å². The lowest BCUT2D eigenvalue weighted by Crippen LogP contribution is -2.47. The minimum atomic E-state index is -3.47. The highest BCUT2D eigenvalue weighted by Crippen LogP contribution is 2.22. The van der Waals surface area contributed by atoms with Crippen LogP contribution in [0.25, 0.3) is 0 Å². The summed E-state index contributed by atoms with van der Waals surface area (Å²) in [5.74, 6) is 0. The van der Waals surface area contributed by atoms with Crippen molar-refractivity contribution < 1.29 is 17.9 Å². The summed E-state index contributed by atoms with van der Waals surface area (Å²) in [6.45, 7) is 6.19. The summed E-state index contributed by atoms with van der Waals surface area (Å²) in [6, 6.07) is 6.75. The molecular formula is C16H23IN2O4S. The van der Waals surface area contributed by atoms with Crippen molar-refractivity contribution in [1.29, 1.82) is 0 Å². The molecule has 0 atom stereocenters. The van der Waals surface area contributed by atoms with E-state index >= 15 is 0 Å². The van der Waals surface area contributed by atoms with Crippen LogP contribution in [0.2, 0.25) is 0 Å². The number of ether oxygens (including phenoxy) is 1. The number of rotatable bonds is 3. The highest BCUT2D eigenvalue weighted by molar-refractivity contribution is 14.1. The molecule has 0 unspecified atom stereocenters. The van der Waals surface area contributed by atoms with E-state index in [4.69, 9.17) is 4.74 Å². The van der Waals surface area contributed by atoms with E-state index < -0.39 is 21.7 Å². The SMILES string of the molecule is CC(C)(C)OC(=O)NC1CCN(S(=O)(=O)c2ccc(I)cc2)CC1. The largest absolute Gasteiger partial charge is 0.444 e. The minimum absolute atomic E-state index is 0.0666. The van der Waals surface area contributed by atoms with Gasteiger partial charge in [-0.3, -0.25) is 0 Å². The van der Waals surface area contributed by atoms with Gasteiger partial charge >= 0.3 is 6.09 Å². The van der Waals surface area contributed by atoms with Crippen molar-refractivity contribution in [2.24, 2.45) is 0 Å². The Kier molecular flexibility index (Phi) is 6.14. The van der Waals surface area contributed by atoms with Gasteiger partial charge in [0.2, 0.25) is 10.0 Å². The number of hydrogen-bond donors (Lipinski definition) is 1. The normalized spacial score (nSPS) is 17.5. The van der Waals surface area contributed by atoms with Crippen LogP contribution in [0.5, 0.6) is 0 Å². The van der Waals surface area contributed by atoms with Gasteiger partial charge in [0.15, 0.2) is 0 Å². The summed E-state index contributed by atoms with van der Waals surface area (Å²) in [6.07, 6.45) is 0.688. The maximum Gasteiger partial charge on any atom is 0.407 e. The van der Waals surface area contributed by atoms with E-state index in [1.165, 1.54) is 4.31 Å². The van der Waals surface area contributed by atoms with E-state index in [9.17, 15) is 13.2 Å². The van der Waals surface area contributed by atoms with Gasteiger partial charge in [0.25, 0.3) is 0 Å². The number of alkyl carbamates (subject to hydrolysis) is 1. The molecule has 1 aliphatic rings. The molecule has 1 amide bonds. The van der Waals surface area contributed by atoms with Crippen LogP contribution in [0.3, 0.4) is 0 Å². The van der Waals surface area contributed by atoms with Gasteiger partial charge in [0, 0.05) is 22.7 Å². The predicted octanol–water partition coefficient (Wildman–Crippen LogP) is 2.97. The van der Waals surface area contributed by atoms with Gasteiger partial charge < -0.3 is 10.1 Å². The number of amides is 1. The Bertz CT molecular complexity index is 675. The van der Waals surface area contributed by atoms with Crippen LogP contribution in [0, 0.1) is 3.57 Å². The number of carbonyl (C=O) groups excluding carboxylic acids is 1. The molecule has 1 heterocycles. The lowest BCUT2D eigenvalue weighted by molar-refractivity contribution is 0.0489. The number of nitrogens with zero attached hydrogens (tertiary/aromatic N) is 1. The summed E-state index contributed by atoms with van der Waals surface area (Å²) in [5.41, 5.74) is -0.543. The molecule has 0 saturated carbocycles. The second-order valence-corrected chi connectivity index (χ2v) is 9.96. The first-order valence-corrected chi connectivity index (χ1v) is 10.3. The van der Waals surface area contributed by atoms with Crippen molar-refractivity contribution >= 4 is 38.7 Å². The zero-order valence-corrected chi connectivity index (χ0v) is 17.1. The van der Waals surface area contributed by atoms with E-state index in [2.05, 4.69) is 27.9 Å². The zero-order valence-electron chi connectivity index (χ0n) is 14.1. The maximum atomic E-state index is 12.6. The lowest BCUT2D eigenvalue weighted by atomic mass is 10.1. The van der Waals surface area contributed by atoms with E-state index in [-0.39, 0.29) is 6.04 Å². The standard InChI is InChI=1S/C16H23IN2O4S/c1-16(2,3)23-15(20)18-13-8-10-19(11-9-13)24(21,22)14-6-4-12(17)5-7-14/h4-7,13H,8-11H2,1-3H3,(H,18,20). The minimum Gasteiger partial charge on any atom is -0.444 e. The molecule has 0 bridgehead atoms. The van der Waals surface area contributed by atoms with Crippen LogP contribution in [0.15, 0.2) is 29.2 Å². The number of nitrogens with one attached hydrogen (secondary N) is 1. The van der Waals surface area contributed by atoms with Crippen LogP contribution < -0.4 is 5.32 Å². The third-order valence-electron chi connectivity index (χ3n) is 3.63. The third-order valence-corrected chi connectivity index (χ3v) is 6.26. The molecule has 8 heteroatoms. The summed E-state index contributed by atoms with van der Waals surface area (Å²) in [5, 5.41) is 2.81. The molecule has 134 valence electrons. The average molecular weight is 466 g/mol. The molecule has 1 N–H and O–H groups in total. The topological polar surface area (TPSA) is 75.7 Å². The van der Waals surface area contributed by atoms with Gasteiger partial charge in [-0.15, -0.1) is 0 Å². The van der Waals surface area contributed by atoms with Crippen molar-refractivity contribution in [3.05, 3.63) is 27.8 Å². The Morgan fingerprint density at radius 1 is 1.21 bits per heavy atom. The molecular weight excluding hydrogens is 443 g/mol. The predicted molar refractivity (Wildman–Crippen MR) is 100 cm³/mol. The van der Waals surface area contributed by atoms with Gasteiger partial charge in [-0.2, -0.15) is 4.31 Å². The van der Waals surface area contributed by atoms with Gasteiger partial charge in [-0.1, -0.05) is 0 Å². The van der Waals surface area contributed by atoms with Crippen molar-refractivity contribution in [3.63, 3.8) is 0 Å². The van der Waals surface area contributed by atoms with Crippen LogP contribution >= 0.6 is 22.6 Å². The summed E-state index contributed by atoms with van der Waals surface area (Å²) in [4.78, 5) is 12.1. The molecule has 0 aromatic heterocycles. The van der Waals surface area contributed by atoms with Crippen LogP contribution in [0.1, 0.15) is 33.6 Å². The highest BCUT2D eigenvalue weighted by Gasteiger charge is 2.30. The molecule has 1 saturated heterocycles. The molecule has 1 fully saturated rings. The molecule has 0 spiro atoms. The van der Waals surface area contributed by atoms with E-state index in [0.29, 0.717) is 30.8 Å². The highest BCUT2D eigenvalue weighted by atomic mass is 127. The van der Waals surface area contributed by atoms with Crippen LogP contribution in [0.4, 0.5) is 4.79 Å². The maximum absolute atomic E-state index is 12.6. The number of piperidine rings is 1. The summed E-state index contributed by atoms with van der Waals surface area (Å²) in [7, 11) is -3.47. The fourth-order valence-corrected chi connectivity index (χ4v) is 4.30. The molecule has 1 aliphatic heterocycles. The van der Waals surface area contributed by atoms with E-state index in [1.807, 2.05) is 20.8 Å².